The van der Waals surface area contributed by atoms with Gasteiger partial charge in [0.1, 0.15) is 6.54 Å². The summed E-state index contributed by atoms with van der Waals surface area (Å²) in [6.45, 7) is 0.449. The quantitative estimate of drug-likeness (QED) is 0.610. The second kappa shape index (κ2) is 5.89. The molecule has 0 bridgehead atoms. The number of tetrazole rings is 1. The van der Waals surface area contributed by atoms with Crippen molar-refractivity contribution in [2.45, 2.75) is 0 Å². The lowest BCUT2D eigenvalue weighted by molar-refractivity contribution is -0.137. The molecule has 1 amide bonds. The van der Waals surface area contributed by atoms with E-state index in [2.05, 4.69) is 20.6 Å². The van der Waals surface area contributed by atoms with Crippen molar-refractivity contribution < 1.29 is 14.7 Å². The van der Waals surface area contributed by atoms with Gasteiger partial charge in [-0.3, -0.25) is 9.59 Å². The normalized spacial score (nSPS) is 10.5. The largest absolute Gasteiger partial charge is 0.480 e. The number of aromatic nitrogens is 4. The number of aromatic amines is 1. The molecule has 0 saturated heterocycles. The first-order chi connectivity index (χ1) is 8.00. The van der Waals surface area contributed by atoms with Gasteiger partial charge in [-0.05, 0) is 19.3 Å². The summed E-state index contributed by atoms with van der Waals surface area (Å²) >= 11 is 0. The number of nitrogens with zero attached hydrogens (tertiary/aromatic N) is 5. The number of amides is 1. The van der Waals surface area contributed by atoms with Crippen LogP contribution in [0.2, 0.25) is 0 Å². The number of aliphatic carboxylic acids is 1. The Morgan fingerprint density at radius 3 is 2.53 bits per heavy atom. The Kier molecular flexibility index (Phi) is 4.52. The van der Waals surface area contributed by atoms with Crippen LogP contribution >= 0.6 is 0 Å². The number of hydrogen-bond acceptors (Lipinski definition) is 6. The highest BCUT2D eigenvalue weighted by molar-refractivity contribution is 5.92. The smallest absolute Gasteiger partial charge is 0.323 e. The summed E-state index contributed by atoms with van der Waals surface area (Å²) in [5, 5.41) is 21.2. The van der Waals surface area contributed by atoms with Crippen LogP contribution in [0.25, 0.3) is 0 Å². The number of H-pyrrole nitrogens is 1. The Labute approximate surface area is 97.4 Å². The molecule has 1 aromatic heterocycles. The van der Waals surface area contributed by atoms with Crippen molar-refractivity contribution >= 4 is 11.9 Å². The maximum atomic E-state index is 11.8. The second-order valence-electron chi connectivity index (χ2n) is 3.66. The van der Waals surface area contributed by atoms with Gasteiger partial charge in [0.15, 0.2) is 0 Å². The SMILES string of the molecule is CN(C)CCN(CC(=O)O)C(=O)c1nn[nH]n1. The van der Waals surface area contributed by atoms with Crippen molar-refractivity contribution in [3.05, 3.63) is 5.82 Å². The third kappa shape index (κ3) is 4.15. The van der Waals surface area contributed by atoms with Crippen molar-refractivity contribution in [1.29, 1.82) is 0 Å². The monoisotopic (exact) mass is 242 g/mol. The van der Waals surface area contributed by atoms with Crippen LogP contribution in [-0.2, 0) is 4.79 Å². The third-order valence-electron chi connectivity index (χ3n) is 1.97. The first kappa shape index (κ1) is 13.0. The van der Waals surface area contributed by atoms with Crippen LogP contribution in [0.5, 0.6) is 0 Å². The fourth-order valence-electron chi connectivity index (χ4n) is 1.13. The zero-order valence-corrected chi connectivity index (χ0v) is 9.62. The van der Waals surface area contributed by atoms with E-state index < -0.39 is 11.9 Å². The lowest BCUT2D eigenvalue weighted by Crippen LogP contribution is -2.40. The van der Waals surface area contributed by atoms with Crippen LogP contribution in [0.3, 0.4) is 0 Å². The van der Waals surface area contributed by atoms with Gasteiger partial charge < -0.3 is 14.9 Å². The molecule has 0 saturated carbocycles. The highest BCUT2D eigenvalue weighted by Gasteiger charge is 2.21. The lowest BCUT2D eigenvalue weighted by Gasteiger charge is -2.20. The summed E-state index contributed by atoms with van der Waals surface area (Å²) in [5.41, 5.74) is 0. The van der Waals surface area contributed by atoms with Crippen molar-refractivity contribution in [2.24, 2.45) is 0 Å². The predicted molar refractivity (Wildman–Crippen MR) is 56.3 cm³/mol. The first-order valence-corrected chi connectivity index (χ1v) is 4.90. The number of nitrogens with one attached hydrogen (secondary N) is 1. The van der Waals surface area contributed by atoms with Gasteiger partial charge in [-0.25, -0.2) is 0 Å². The van der Waals surface area contributed by atoms with E-state index in [4.69, 9.17) is 5.11 Å². The molecule has 94 valence electrons. The highest BCUT2D eigenvalue weighted by Crippen LogP contribution is 1.97. The molecule has 0 aliphatic heterocycles. The first-order valence-electron chi connectivity index (χ1n) is 4.90. The Balaban J connectivity index is 2.68. The average molecular weight is 242 g/mol. The van der Waals surface area contributed by atoms with Crippen LogP contribution < -0.4 is 0 Å². The van der Waals surface area contributed by atoms with Crippen LogP contribution in [0.4, 0.5) is 0 Å². The van der Waals surface area contributed by atoms with Crippen molar-refractivity contribution in [1.82, 2.24) is 30.4 Å². The van der Waals surface area contributed by atoms with Crippen molar-refractivity contribution in [3.63, 3.8) is 0 Å². The molecule has 9 heteroatoms. The molecule has 1 aromatic rings. The molecule has 0 unspecified atom stereocenters. The minimum Gasteiger partial charge on any atom is -0.480 e. The molecule has 0 aliphatic carbocycles. The molecule has 1 rings (SSSR count). The fourth-order valence-corrected chi connectivity index (χ4v) is 1.13. The summed E-state index contributed by atoms with van der Waals surface area (Å²) in [4.78, 5) is 25.5. The Bertz CT molecular complexity index is 377. The standard InChI is InChI=1S/C8H14N6O3/c1-13(2)3-4-14(5-6(15)16)8(17)7-9-11-12-10-7/h3-5H2,1-2H3,(H,15,16)(H,9,10,11,12). The van der Waals surface area contributed by atoms with Gasteiger partial charge in [-0.1, -0.05) is 0 Å². The molecule has 2 N–H and O–H groups in total. The summed E-state index contributed by atoms with van der Waals surface area (Å²) in [6, 6.07) is 0. The molecular weight excluding hydrogens is 228 g/mol. The summed E-state index contributed by atoms with van der Waals surface area (Å²) < 4.78 is 0. The van der Waals surface area contributed by atoms with Crippen LogP contribution in [-0.4, -0.2) is 81.1 Å². The van der Waals surface area contributed by atoms with E-state index >= 15 is 0 Å². The minimum absolute atomic E-state index is 0.134. The van der Waals surface area contributed by atoms with Gasteiger partial charge in [-0.15, -0.1) is 10.2 Å². The van der Waals surface area contributed by atoms with Crippen LogP contribution in [0, 0.1) is 0 Å². The number of carbonyl (C=O) groups is 2. The van der Waals surface area contributed by atoms with Crippen molar-refractivity contribution in [2.75, 3.05) is 33.7 Å². The fraction of sp³-hybridized carbons (Fsp3) is 0.625. The van der Waals surface area contributed by atoms with Crippen LogP contribution in [0.1, 0.15) is 10.6 Å². The predicted octanol–water partition coefficient (Wildman–Crippen LogP) is -1.71. The number of carboxylic acids is 1. The van der Waals surface area contributed by atoms with Crippen molar-refractivity contribution in [3.8, 4) is 0 Å². The summed E-state index contributed by atoms with van der Waals surface area (Å²) in [5.74, 6) is -1.77. The topological polar surface area (TPSA) is 115 Å². The maximum absolute atomic E-state index is 11.8. The maximum Gasteiger partial charge on any atom is 0.323 e. The molecule has 0 aliphatic rings. The van der Waals surface area contributed by atoms with Gasteiger partial charge >= 0.3 is 5.97 Å². The van der Waals surface area contributed by atoms with Crippen LogP contribution in [0.15, 0.2) is 0 Å². The van der Waals surface area contributed by atoms with E-state index in [0.29, 0.717) is 6.54 Å². The molecule has 0 radical (unpaired) electrons. The molecule has 9 nitrogen and oxygen atoms in total. The molecular formula is C8H14N6O3. The Hall–Kier alpha value is -2.03. The Morgan fingerprint density at radius 2 is 2.06 bits per heavy atom. The number of rotatable bonds is 6. The lowest BCUT2D eigenvalue weighted by atomic mass is 10.4. The third-order valence-corrected chi connectivity index (χ3v) is 1.97. The minimum atomic E-state index is -1.08. The van der Waals surface area contributed by atoms with E-state index in [1.807, 2.05) is 19.0 Å². The molecule has 17 heavy (non-hydrogen) atoms. The molecule has 0 aromatic carbocycles. The highest BCUT2D eigenvalue weighted by atomic mass is 16.4. The number of carboxylic acid groups (broad SMARTS) is 1. The van der Waals surface area contributed by atoms with E-state index in [1.54, 1.807) is 0 Å². The second-order valence-corrected chi connectivity index (χ2v) is 3.66. The summed E-state index contributed by atoms with van der Waals surface area (Å²) in [7, 11) is 3.66. The van der Waals surface area contributed by atoms with E-state index in [9.17, 15) is 9.59 Å². The number of carbonyl (C=O) groups excluding carboxylic acids is 1. The van der Waals surface area contributed by atoms with E-state index in [1.165, 1.54) is 0 Å². The summed E-state index contributed by atoms with van der Waals surface area (Å²) in [6.07, 6.45) is 0. The molecule has 1 heterocycles. The van der Waals surface area contributed by atoms with Gasteiger partial charge in [0, 0.05) is 13.1 Å². The Morgan fingerprint density at radius 1 is 1.35 bits per heavy atom. The number of hydrogen-bond donors (Lipinski definition) is 2. The zero-order valence-electron chi connectivity index (χ0n) is 9.62. The van der Waals surface area contributed by atoms with Gasteiger partial charge in [0.05, 0.1) is 0 Å². The molecule has 0 atom stereocenters. The molecule has 0 spiro atoms. The zero-order chi connectivity index (χ0) is 12.8. The molecule has 0 fully saturated rings. The van der Waals surface area contributed by atoms with E-state index in [-0.39, 0.29) is 18.9 Å². The number of likely N-dealkylation sites (N-methyl/N-ethyl adjacent to an activating group) is 1. The average Bonchev–Trinajstić information content (AvgIpc) is 2.75. The van der Waals surface area contributed by atoms with Gasteiger partial charge in [0.25, 0.3) is 11.7 Å². The van der Waals surface area contributed by atoms with Gasteiger partial charge in [0.2, 0.25) is 0 Å². The van der Waals surface area contributed by atoms with Gasteiger partial charge in [-0.2, -0.15) is 5.21 Å². The van der Waals surface area contributed by atoms with E-state index in [0.717, 1.165) is 4.90 Å².